The van der Waals surface area contributed by atoms with Gasteiger partial charge in [-0.2, -0.15) is 0 Å². The Morgan fingerprint density at radius 2 is 1.94 bits per heavy atom. The maximum atomic E-state index is 14.0. The van der Waals surface area contributed by atoms with E-state index in [1.54, 1.807) is 18.2 Å². The van der Waals surface area contributed by atoms with Crippen molar-refractivity contribution in [1.29, 1.82) is 0 Å². The van der Waals surface area contributed by atoms with Crippen molar-refractivity contribution in [3.8, 4) is 11.3 Å². The second kappa shape index (κ2) is 12.3. The summed E-state index contributed by atoms with van der Waals surface area (Å²) in [6, 6.07) is 13.5. The van der Waals surface area contributed by atoms with Crippen LogP contribution in [0.3, 0.4) is 0 Å². The average molecular weight is 493 g/mol. The van der Waals surface area contributed by atoms with Gasteiger partial charge in [0.2, 0.25) is 11.8 Å². The maximum absolute atomic E-state index is 14.0. The second-order valence-corrected chi connectivity index (χ2v) is 9.09. The Morgan fingerprint density at radius 1 is 1.14 bits per heavy atom. The third kappa shape index (κ3) is 6.71. The minimum atomic E-state index is -0.633. The first-order valence-corrected chi connectivity index (χ1v) is 12.7. The first-order valence-electron chi connectivity index (χ1n) is 12.7. The van der Waals surface area contributed by atoms with Gasteiger partial charge in [-0.25, -0.2) is 9.37 Å². The molecule has 0 aliphatic carbocycles. The summed E-state index contributed by atoms with van der Waals surface area (Å²) >= 11 is 0. The molecule has 2 heterocycles. The van der Waals surface area contributed by atoms with E-state index in [0.717, 1.165) is 37.3 Å². The number of nitrogens with one attached hydrogen (secondary N) is 2. The highest BCUT2D eigenvalue weighted by atomic mass is 19.1. The molecule has 2 N–H and O–H groups in total. The number of halogens is 1. The predicted molar refractivity (Wildman–Crippen MR) is 138 cm³/mol. The molecule has 3 aromatic rings. The molecule has 1 aliphatic rings. The number of aryl methyl sites for hydroxylation is 1. The monoisotopic (exact) mass is 492 g/mol. The lowest BCUT2D eigenvalue weighted by Gasteiger charge is -2.20. The lowest BCUT2D eigenvalue weighted by Crippen LogP contribution is -2.43. The van der Waals surface area contributed by atoms with Crippen LogP contribution < -0.4 is 15.5 Å². The van der Waals surface area contributed by atoms with E-state index in [-0.39, 0.29) is 24.7 Å². The number of hydrogen-bond donors (Lipinski definition) is 2. The Bertz CT molecular complexity index is 1170. The molecule has 190 valence electrons. The molecule has 7 nitrogen and oxygen atoms in total. The molecular weight excluding hydrogens is 459 g/mol. The lowest BCUT2D eigenvalue weighted by atomic mass is 10.1. The summed E-state index contributed by atoms with van der Waals surface area (Å²) in [4.78, 5) is 32.2. The van der Waals surface area contributed by atoms with E-state index in [2.05, 4.69) is 26.6 Å². The number of unbranched alkanes of at least 4 members (excludes halogenated alkanes) is 1. The number of hydrogen-bond acceptors (Lipinski definition) is 5. The quantitative estimate of drug-likeness (QED) is 0.378. The molecule has 1 fully saturated rings. The summed E-state index contributed by atoms with van der Waals surface area (Å²) < 4.78 is 19.6. The Balaban J connectivity index is 1.33. The average Bonchev–Trinajstić information content (AvgIpc) is 3.58. The van der Waals surface area contributed by atoms with E-state index in [1.165, 1.54) is 25.1 Å². The largest absolute Gasteiger partial charge is 0.441 e. The number of benzene rings is 2. The highest BCUT2D eigenvalue weighted by Crippen LogP contribution is 2.25. The van der Waals surface area contributed by atoms with E-state index in [0.29, 0.717) is 23.6 Å². The second-order valence-electron chi connectivity index (χ2n) is 9.09. The Labute approximate surface area is 211 Å². The molecule has 1 atom stereocenters. The fraction of sp³-hybridized carbons (Fsp3) is 0.393. The molecule has 1 unspecified atom stereocenters. The van der Waals surface area contributed by atoms with Crippen molar-refractivity contribution in [3.05, 3.63) is 66.4 Å². The molecule has 2 amide bonds. The third-order valence-corrected chi connectivity index (χ3v) is 6.34. The molecule has 2 aromatic carbocycles. The van der Waals surface area contributed by atoms with Crippen molar-refractivity contribution < 1.29 is 18.4 Å². The van der Waals surface area contributed by atoms with Gasteiger partial charge in [0.25, 0.3) is 0 Å². The van der Waals surface area contributed by atoms with E-state index in [9.17, 15) is 14.0 Å². The van der Waals surface area contributed by atoms with Gasteiger partial charge >= 0.3 is 0 Å². The van der Waals surface area contributed by atoms with Gasteiger partial charge < -0.3 is 20.0 Å². The number of nitrogens with zero attached hydrogens (tertiary/aromatic N) is 2. The number of carbonyl (C=O) groups is 2. The SMILES string of the molecule is CCCCC(NC(=O)CCc1ncc(-c2ccccc2F)o1)C(=O)Nc1cccc(N2CCCC2)c1. The summed E-state index contributed by atoms with van der Waals surface area (Å²) in [6.07, 6.45) is 6.46. The van der Waals surface area contributed by atoms with Gasteiger partial charge in [-0.3, -0.25) is 9.59 Å². The number of carbonyl (C=O) groups excluding carboxylic acids is 2. The normalized spacial score (nSPS) is 14.0. The van der Waals surface area contributed by atoms with Gasteiger partial charge in [0.15, 0.2) is 11.7 Å². The van der Waals surface area contributed by atoms with E-state index in [4.69, 9.17) is 4.42 Å². The molecule has 1 saturated heterocycles. The maximum Gasteiger partial charge on any atom is 0.246 e. The van der Waals surface area contributed by atoms with Crippen molar-refractivity contribution in [2.75, 3.05) is 23.3 Å². The van der Waals surface area contributed by atoms with Crippen LogP contribution in [0.25, 0.3) is 11.3 Å². The molecule has 36 heavy (non-hydrogen) atoms. The topological polar surface area (TPSA) is 87.5 Å². The summed E-state index contributed by atoms with van der Waals surface area (Å²) in [7, 11) is 0. The first kappa shape index (κ1) is 25.4. The Hall–Kier alpha value is -3.68. The van der Waals surface area contributed by atoms with E-state index >= 15 is 0 Å². The summed E-state index contributed by atoms with van der Waals surface area (Å²) in [5.74, 6) is -0.221. The van der Waals surface area contributed by atoms with Crippen molar-refractivity contribution in [3.63, 3.8) is 0 Å². The van der Waals surface area contributed by atoms with Crippen LogP contribution in [0.15, 0.2) is 59.1 Å². The predicted octanol–water partition coefficient (Wildman–Crippen LogP) is 5.33. The minimum absolute atomic E-state index is 0.109. The van der Waals surface area contributed by atoms with Crippen molar-refractivity contribution in [2.45, 2.75) is 57.9 Å². The van der Waals surface area contributed by atoms with Crippen LogP contribution in [-0.2, 0) is 16.0 Å². The molecule has 8 heteroatoms. The molecule has 0 bridgehead atoms. The molecular formula is C28H33FN4O3. The fourth-order valence-electron chi connectivity index (χ4n) is 4.36. The van der Waals surface area contributed by atoms with Crippen LogP contribution >= 0.6 is 0 Å². The summed E-state index contributed by atoms with van der Waals surface area (Å²) in [5, 5.41) is 5.84. The third-order valence-electron chi connectivity index (χ3n) is 6.34. The van der Waals surface area contributed by atoms with Crippen LogP contribution in [0.4, 0.5) is 15.8 Å². The Morgan fingerprint density at radius 3 is 2.72 bits per heavy atom. The minimum Gasteiger partial charge on any atom is -0.441 e. The van der Waals surface area contributed by atoms with Gasteiger partial charge in [-0.15, -0.1) is 0 Å². The summed E-state index contributed by atoms with van der Waals surface area (Å²) in [5.41, 5.74) is 2.14. The zero-order chi connectivity index (χ0) is 25.3. The van der Waals surface area contributed by atoms with Crippen molar-refractivity contribution in [2.24, 2.45) is 0 Å². The van der Waals surface area contributed by atoms with Gasteiger partial charge in [-0.05, 0) is 49.6 Å². The molecule has 0 spiro atoms. The van der Waals surface area contributed by atoms with Crippen molar-refractivity contribution in [1.82, 2.24) is 10.3 Å². The zero-order valence-electron chi connectivity index (χ0n) is 20.6. The van der Waals surface area contributed by atoms with Gasteiger partial charge in [0.05, 0.1) is 11.8 Å². The number of oxazole rings is 1. The number of anilines is 2. The first-order chi connectivity index (χ1) is 17.5. The van der Waals surface area contributed by atoms with Gasteiger partial charge in [0.1, 0.15) is 11.9 Å². The highest BCUT2D eigenvalue weighted by Gasteiger charge is 2.21. The van der Waals surface area contributed by atoms with Crippen LogP contribution in [0.5, 0.6) is 0 Å². The summed E-state index contributed by atoms with van der Waals surface area (Å²) in [6.45, 7) is 4.10. The fourth-order valence-corrected chi connectivity index (χ4v) is 4.36. The number of amides is 2. The van der Waals surface area contributed by atoms with Crippen LogP contribution in [-0.4, -0.2) is 35.9 Å². The zero-order valence-corrected chi connectivity index (χ0v) is 20.6. The molecule has 0 saturated carbocycles. The van der Waals surface area contributed by atoms with Crippen LogP contribution in [0, 0.1) is 5.82 Å². The van der Waals surface area contributed by atoms with Crippen molar-refractivity contribution >= 4 is 23.2 Å². The smallest absolute Gasteiger partial charge is 0.246 e. The molecule has 4 rings (SSSR count). The van der Waals surface area contributed by atoms with Crippen LogP contribution in [0.2, 0.25) is 0 Å². The molecule has 0 radical (unpaired) electrons. The van der Waals surface area contributed by atoms with E-state index in [1.807, 2.05) is 25.1 Å². The van der Waals surface area contributed by atoms with Crippen LogP contribution in [0.1, 0.15) is 51.3 Å². The Kier molecular flexibility index (Phi) is 8.71. The highest BCUT2D eigenvalue weighted by molar-refractivity contribution is 5.97. The van der Waals surface area contributed by atoms with E-state index < -0.39 is 11.9 Å². The number of aromatic nitrogens is 1. The standard InChI is InChI=1S/C28H33FN4O3/c1-2-3-13-24(28(35)31-20-9-8-10-21(18-20)33-16-6-7-17-33)32-26(34)14-15-27-30-19-25(36-27)22-11-4-5-12-23(22)29/h4-5,8-12,18-19,24H,2-3,6-7,13-17H2,1H3,(H,31,35)(H,32,34). The van der Waals surface area contributed by atoms with Gasteiger partial charge in [0, 0.05) is 37.3 Å². The lowest BCUT2D eigenvalue weighted by molar-refractivity contribution is -0.126. The number of rotatable bonds is 11. The van der Waals surface area contributed by atoms with Gasteiger partial charge in [-0.1, -0.05) is 38.0 Å². The molecule has 1 aromatic heterocycles. The molecule has 1 aliphatic heterocycles.